The summed E-state index contributed by atoms with van der Waals surface area (Å²) in [5.74, 6) is -0.788. The molecule has 0 heterocycles. The van der Waals surface area contributed by atoms with E-state index in [4.69, 9.17) is 12.2 Å². The number of carbonyl (C=O) groups is 2. The predicted octanol–water partition coefficient (Wildman–Crippen LogP) is 5.27. The van der Waals surface area contributed by atoms with E-state index in [2.05, 4.69) is 36.7 Å². The van der Waals surface area contributed by atoms with Gasteiger partial charge in [0.15, 0.2) is 5.11 Å². The van der Waals surface area contributed by atoms with E-state index in [-0.39, 0.29) is 27.7 Å². The number of hydrogen-bond acceptors (Lipinski definition) is 5. The molecule has 0 spiro atoms. The lowest BCUT2D eigenvalue weighted by atomic mass is 9.87. The first-order chi connectivity index (χ1) is 16.0. The van der Waals surface area contributed by atoms with Crippen LogP contribution >= 0.6 is 12.2 Å². The Morgan fingerprint density at radius 1 is 0.824 bits per heavy atom. The van der Waals surface area contributed by atoms with Gasteiger partial charge in [-0.15, -0.1) is 0 Å². The number of anilines is 2. The third-order valence-corrected chi connectivity index (χ3v) is 5.16. The largest absolute Gasteiger partial charge is 0.332 e. The molecule has 0 bridgehead atoms. The molecule has 0 saturated carbocycles. The summed E-state index contributed by atoms with van der Waals surface area (Å²) in [5.41, 5.74) is 2.84. The summed E-state index contributed by atoms with van der Waals surface area (Å²) in [6.07, 6.45) is 0. The van der Waals surface area contributed by atoms with Gasteiger partial charge in [-0.3, -0.25) is 25.0 Å². The molecule has 0 aliphatic heterocycles. The number of amides is 2. The summed E-state index contributed by atoms with van der Waals surface area (Å²) in [7, 11) is 0. The Morgan fingerprint density at radius 3 is 1.97 bits per heavy atom. The molecule has 2 amide bonds. The number of nitro benzene ring substituents is 1. The van der Waals surface area contributed by atoms with Crippen molar-refractivity contribution in [2.24, 2.45) is 0 Å². The van der Waals surface area contributed by atoms with E-state index < -0.39 is 10.8 Å². The number of rotatable bonds is 5. The van der Waals surface area contributed by atoms with Gasteiger partial charge in [0.1, 0.15) is 0 Å². The van der Waals surface area contributed by atoms with Crippen molar-refractivity contribution in [3.8, 4) is 0 Å². The average Bonchev–Trinajstić information content (AvgIpc) is 2.79. The highest BCUT2D eigenvalue weighted by Gasteiger charge is 2.15. The molecule has 0 radical (unpaired) electrons. The SMILES string of the molecule is CC(C)(C)c1ccc(C(=O)Nc2ccc(NC(=S)NC(=O)c3cccc([N+](=O)[O-])c3)cc2)cc1. The average molecular weight is 477 g/mol. The van der Waals surface area contributed by atoms with Gasteiger partial charge in [-0.25, -0.2) is 0 Å². The molecule has 34 heavy (non-hydrogen) atoms. The molecule has 0 atom stereocenters. The smallest absolute Gasteiger partial charge is 0.270 e. The normalized spacial score (nSPS) is 10.8. The maximum Gasteiger partial charge on any atom is 0.270 e. The number of nitrogens with one attached hydrogen (secondary N) is 3. The second-order valence-corrected chi connectivity index (χ2v) is 8.98. The Bertz CT molecular complexity index is 1230. The molecule has 0 unspecified atom stereocenters. The van der Waals surface area contributed by atoms with Gasteiger partial charge in [-0.1, -0.05) is 39.0 Å². The van der Waals surface area contributed by atoms with Crippen LogP contribution in [0.15, 0.2) is 72.8 Å². The summed E-state index contributed by atoms with van der Waals surface area (Å²) in [6, 6.07) is 19.7. The summed E-state index contributed by atoms with van der Waals surface area (Å²) in [5, 5.41) is 19.1. The molecule has 0 aliphatic carbocycles. The number of hydrogen-bond donors (Lipinski definition) is 3. The summed E-state index contributed by atoms with van der Waals surface area (Å²) in [4.78, 5) is 35.1. The molecule has 0 aliphatic rings. The van der Waals surface area contributed by atoms with Gasteiger partial charge in [0.2, 0.25) is 0 Å². The Labute approximate surface area is 202 Å². The minimum atomic E-state index is -0.575. The first-order valence-electron chi connectivity index (χ1n) is 10.4. The van der Waals surface area contributed by atoms with Gasteiger partial charge in [0, 0.05) is 34.6 Å². The van der Waals surface area contributed by atoms with E-state index in [1.54, 1.807) is 36.4 Å². The van der Waals surface area contributed by atoms with Crippen LogP contribution < -0.4 is 16.0 Å². The molecule has 3 aromatic rings. The van der Waals surface area contributed by atoms with Crippen LogP contribution in [-0.4, -0.2) is 21.9 Å². The second kappa shape index (κ2) is 10.2. The Hall–Kier alpha value is -4.11. The quantitative estimate of drug-likeness (QED) is 0.263. The minimum Gasteiger partial charge on any atom is -0.332 e. The third kappa shape index (κ3) is 6.46. The van der Waals surface area contributed by atoms with Gasteiger partial charge in [-0.05, 0) is 65.7 Å². The number of non-ortho nitro benzene ring substituents is 1. The van der Waals surface area contributed by atoms with Crippen molar-refractivity contribution in [2.45, 2.75) is 26.2 Å². The first-order valence-corrected chi connectivity index (χ1v) is 10.8. The van der Waals surface area contributed by atoms with Crippen molar-refractivity contribution in [3.63, 3.8) is 0 Å². The van der Waals surface area contributed by atoms with Crippen molar-refractivity contribution in [1.82, 2.24) is 5.32 Å². The van der Waals surface area contributed by atoms with E-state index >= 15 is 0 Å². The molecule has 0 fully saturated rings. The van der Waals surface area contributed by atoms with Crippen molar-refractivity contribution in [2.75, 3.05) is 10.6 Å². The first kappa shape index (κ1) is 24.5. The molecule has 8 nitrogen and oxygen atoms in total. The van der Waals surface area contributed by atoms with Crippen molar-refractivity contribution in [1.29, 1.82) is 0 Å². The van der Waals surface area contributed by atoms with Crippen LogP contribution in [0.25, 0.3) is 0 Å². The van der Waals surface area contributed by atoms with E-state index in [9.17, 15) is 19.7 Å². The maximum atomic E-state index is 12.5. The van der Waals surface area contributed by atoms with Gasteiger partial charge in [-0.2, -0.15) is 0 Å². The number of thiocarbonyl (C=S) groups is 1. The number of nitro groups is 1. The van der Waals surface area contributed by atoms with Crippen molar-refractivity contribution < 1.29 is 14.5 Å². The van der Waals surface area contributed by atoms with Gasteiger partial charge < -0.3 is 10.6 Å². The number of nitrogens with zero attached hydrogens (tertiary/aromatic N) is 1. The van der Waals surface area contributed by atoms with Crippen molar-refractivity contribution >= 4 is 46.2 Å². The summed E-state index contributed by atoms with van der Waals surface area (Å²) in [6.45, 7) is 6.34. The standard InChI is InChI=1S/C25H24N4O4S/c1-25(2,3)18-9-7-16(8-10-18)22(30)26-19-11-13-20(14-12-19)27-24(34)28-23(31)17-5-4-6-21(15-17)29(32)33/h4-15H,1-3H3,(H,26,30)(H2,27,28,31,34). The van der Waals surface area contributed by atoms with Crippen LogP contribution in [-0.2, 0) is 5.41 Å². The minimum absolute atomic E-state index is 0.0109. The van der Waals surface area contributed by atoms with Crippen LogP contribution in [0.1, 0.15) is 47.1 Å². The van der Waals surface area contributed by atoms with Crippen LogP contribution in [0, 0.1) is 10.1 Å². The van der Waals surface area contributed by atoms with Gasteiger partial charge in [0.25, 0.3) is 17.5 Å². The molecule has 3 aromatic carbocycles. The molecule has 9 heteroatoms. The zero-order valence-corrected chi connectivity index (χ0v) is 19.7. The fourth-order valence-corrected chi connectivity index (χ4v) is 3.27. The molecule has 3 N–H and O–H groups in total. The highest BCUT2D eigenvalue weighted by molar-refractivity contribution is 7.80. The fourth-order valence-electron chi connectivity index (χ4n) is 3.06. The number of carbonyl (C=O) groups excluding carboxylic acids is 2. The van der Waals surface area contributed by atoms with Crippen molar-refractivity contribution in [3.05, 3.63) is 99.6 Å². The van der Waals surface area contributed by atoms with Crippen LogP contribution in [0.2, 0.25) is 0 Å². The van der Waals surface area contributed by atoms with E-state index in [0.717, 1.165) is 5.56 Å². The highest BCUT2D eigenvalue weighted by atomic mass is 32.1. The molecular weight excluding hydrogens is 452 g/mol. The zero-order valence-electron chi connectivity index (χ0n) is 18.9. The molecule has 0 saturated heterocycles. The number of benzene rings is 3. The van der Waals surface area contributed by atoms with Gasteiger partial charge in [0.05, 0.1) is 4.92 Å². The van der Waals surface area contributed by atoms with Crippen LogP contribution in [0.3, 0.4) is 0 Å². The predicted molar refractivity (Wildman–Crippen MR) is 136 cm³/mol. The molecule has 3 rings (SSSR count). The van der Waals surface area contributed by atoms with E-state index in [0.29, 0.717) is 16.9 Å². The van der Waals surface area contributed by atoms with Crippen LogP contribution in [0.5, 0.6) is 0 Å². The molecule has 0 aromatic heterocycles. The van der Waals surface area contributed by atoms with Gasteiger partial charge >= 0.3 is 0 Å². The lowest BCUT2D eigenvalue weighted by Gasteiger charge is -2.19. The highest BCUT2D eigenvalue weighted by Crippen LogP contribution is 2.22. The Morgan fingerprint density at radius 2 is 1.41 bits per heavy atom. The van der Waals surface area contributed by atoms with E-state index in [1.165, 1.54) is 24.3 Å². The summed E-state index contributed by atoms with van der Waals surface area (Å²) >= 11 is 5.15. The Balaban J connectivity index is 1.56. The Kier molecular flexibility index (Phi) is 7.37. The molecular formula is C25H24N4O4S. The summed E-state index contributed by atoms with van der Waals surface area (Å²) < 4.78 is 0. The third-order valence-electron chi connectivity index (χ3n) is 4.96. The monoisotopic (exact) mass is 476 g/mol. The lowest BCUT2D eigenvalue weighted by molar-refractivity contribution is -0.384. The fraction of sp³-hybridized carbons (Fsp3) is 0.160. The maximum absolute atomic E-state index is 12.5. The van der Waals surface area contributed by atoms with Crippen LogP contribution in [0.4, 0.5) is 17.1 Å². The zero-order chi connectivity index (χ0) is 24.9. The van der Waals surface area contributed by atoms with E-state index in [1.807, 2.05) is 12.1 Å². The topological polar surface area (TPSA) is 113 Å². The second-order valence-electron chi connectivity index (χ2n) is 8.57. The lowest BCUT2D eigenvalue weighted by Crippen LogP contribution is -2.34. The molecule has 174 valence electrons.